The van der Waals surface area contributed by atoms with Crippen LogP contribution in [0.15, 0.2) is 53.7 Å². The van der Waals surface area contributed by atoms with Crippen LogP contribution in [-0.2, 0) is 0 Å². The number of hydrogen-bond donors (Lipinski definition) is 0. The molecule has 20 heavy (non-hydrogen) atoms. The maximum atomic E-state index is 11.2. The average molecular weight is 290 g/mol. The highest BCUT2D eigenvalue weighted by Gasteiger charge is 2.38. The molecule has 1 aromatic carbocycles. The molecule has 0 aliphatic carbocycles. The second-order valence-electron chi connectivity index (χ2n) is 4.58. The van der Waals surface area contributed by atoms with Gasteiger partial charge in [0.2, 0.25) is 0 Å². The van der Waals surface area contributed by atoms with Crippen molar-refractivity contribution in [1.29, 1.82) is 0 Å². The number of rotatable bonds is 3. The van der Waals surface area contributed by atoms with Crippen molar-refractivity contribution in [3.8, 4) is 0 Å². The topological polar surface area (TPSA) is 58.7 Å². The second kappa shape index (κ2) is 5.09. The quantitative estimate of drug-likeness (QED) is 0.488. The van der Waals surface area contributed by atoms with Crippen LogP contribution in [0.2, 0.25) is 0 Å². The monoisotopic (exact) mass is 289 g/mol. The number of amidine groups is 1. The maximum absolute atomic E-state index is 11.2. The fourth-order valence-corrected chi connectivity index (χ4v) is 2.87. The van der Waals surface area contributed by atoms with Gasteiger partial charge < -0.3 is 4.90 Å². The third kappa shape index (κ3) is 2.00. The molecule has 2 aliphatic heterocycles. The van der Waals surface area contributed by atoms with Gasteiger partial charge >= 0.3 is 0 Å². The summed E-state index contributed by atoms with van der Waals surface area (Å²) in [5.41, 5.74) is 0.691. The Balaban J connectivity index is 2.06. The Morgan fingerprint density at radius 2 is 2.15 bits per heavy atom. The molecule has 6 heteroatoms. The van der Waals surface area contributed by atoms with Crippen molar-refractivity contribution in [2.75, 3.05) is 5.88 Å². The number of aliphatic imine (C=N–C) groups is 1. The number of allylic oxidation sites excluding steroid dienone is 2. The van der Waals surface area contributed by atoms with Crippen LogP contribution in [0.4, 0.5) is 5.69 Å². The summed E-state index contributed by atoms with van der Waals surface area (Å²) in [6.45, 7) is 0. The molecule has 0 amide bonds. The fourth-order valence-electron chi connectivity index (χ4n) is 2.56. The van der Waals surface area contributed by atoms with E-state index in [4.69, 9.17) is 11.6 Å². The van der Waals surface area contributed by atoms with E-state index >= 15 is 0 Å². The number of nitrogens with zero attached hydrogens (tertiary/aromatic N) is 3. The molecule has 3 rings (SSSR count). The Kier molecular flexibility index (Phi) is 3.28. The van der Waals surface area contributed by atoms with Gasteiger partial charge in [-0.25, -0.2) is 0 Å². The third-order valence-electron chi connectivity index (χ3n) is 3.47. The lowest BCUT2D eigenvalue weighted by Crippen LogP contribution is -2.34. The van der Waals surface area contributed by atoms with Gasteiger partial charge in [0.05, 0.1) is 16.5 Å². The van der Waals surface area contributed by atoms with E-state index in [0.29, 0.717) is 11.4 Å². The van der Waals surface area contributed by atoms with Gasteiger partial charge in [-0.3, -0.25) is 15.1 Å². The summed E-state index contributed by atoms with van der Waals surface area (Å²) < 4.78 is 0. The van der Waals surface area contributed by atoms with Crippen molar-refractivity contribution < 1.29 is 4.92 Å². The van der Waals surface area contributed by atoms with E-state index in [9.17, 15) is 10.1 Å². The zero-order valence-corrected chi connectivity index (χ0v) is 11.3. The number of fused-ring (bicyclic) bond motifs is 1. The fraction of sp³-hybridized carbons (Fsp3) is 0.214. The van der Waals surface area contributed by atoms with Crippen LogP contribution in [0.1, 0.15) is 11.6 Å². The molecule has 2 unspecified atom stereocenters. The van der Waals surface area contributed by atoms with Gasteiger partial charge in [0.25, 0.3) is 5.69 Å². The van der Waals surface area contributed by atoms with Gasteiger partial charge in [-0.2, -0.15) is 0 Å². The predicted molar refractivity (Wildman–Crippen MR) is 77.9 cm³/mol. The predicted octanol–water partition coefficient (Wildman–Crippen LogP) is 3.04. The Morgan fingerprint density at radius 3 is 2.90 bits per heavy atom. The Bertz CT molecular complexity index is 639. The molecule has 0 saturated carbocycles. The lowest BCUT2D eigenvalue weighted by Gasteiger charge is -2.25. The first-order valence-electron chi connectivity index (χ1n) is 6.22. The van der Waals surface area contributed by atoms with E-state index in [1.807, 2.05) is 29.3 Å². The van der Waals surface area contributed by atoms with E-state index in [0.717, 1.165) is 5.84 Å². The normalized spacial score (nSPS) is 23.6. The van der Waals surface area contributed by atoms with Gasteiger partial charge in [0, 0.05) is 18.1 Å². The summed E-state index contributed by atoms with van der Waals surface area (Å²) >= 11 is 6.06. The van der Waals surface area contributed by atoms with Crippen molar-refractivity contribution in [1.82, 2.24) is 4.90 Å². The molecule has 0 N–H and O–H groups in total. The minimum absolute atomic E-state index is 0.0878. The molecule has 0 fully saturated rings. The lowest BCUT2D eigenvalue weighted by atomic mass is 9.99. The number of nitro groups is 1. The van der Waals surface area contributed by atoms with Crippen molar-refractivity contribution in [2.45, 2.75) is 12.1 Å². The van der Waals surface area contributed by atoms with E-state index in [1.54, 1.807) is 18.2 Å². The number of nitro benzene ring substituents is 1. The molecule has 2 aliphatic rings. The van der Waals surface area contributed by atoms with Gasteiger partial charge in [0.15, 0.2) is 0 Å². The number of hydrogen-bond acceptors (Lipinski definition) is 4. The minimum Gasteiger partial charge on any atom is -0.327 e. The molecule has 0 aromatic heterocycles. The number of para-hydroxylation sites is 1. The zero-order valence-electron chi connectivity index (χ0n) is 10.5. The molecular weight excluding hydrogens is 278 g/mol. The molecule has 0 saturated heterocycles. The van der Waals surface area contributed by atoms with Crippen molar-refractivity contribution >= 4 is 23.1 Å². The molecule has 1 aromatic rings. The van der Waals surface area contributed by atoms with Crippen LogP contribution in [0.5, 0.6) is 0 Å². The van der Waals surface area contributed by atoms with Gasteiger partial charge in [-0.05, 0) is 18.2 Å². The number of benzene rings is 1. The molecule has 0 bridgehead atoms. The van der Waals surface area contributed by atoms with Crippen molar-refractivity contribution in [3.05, 3.63) is 64.4 Å². The summed E-state index contributed by atoms with van der Waals surface area (Å²) in [7, 11) is 0. The van der Waals surface area contributed by atoms with E-state index in [2.05, 4.69) is 4.99 Å². The minimum atomic E-state index is -0.371. The first-order valence-corrected chi connectivity index (χ1v) is 6.76. The highest BCUT2D eigenvalue weighted by atomic mass is 35.5. The Morgan fingerprint density at radius 1 is 1.35 bits per heavy atom. The molecule has 5 nitrogen and oxygen atoms in total. The summed E-state index contributed by atoms with van der Waals surface area (Å²) in [6, 6.07) is 6.27. The zero-order chi connectivity index (χ0) is 14.1. The van der Waals surface area contributed by atoms with Gasteiger partial charge in [0.1, 0.15) is 11.9 Å². The summed E-state index contributed by atoms with van der Waals surface area (Å²) in [5.74, 6) is 1.14. The first kappa shape index (κ1) is 12.9. The molecule has 102 valence electrons. The van der Waals surface area contributed by atoms with E-state index in [-0.39, 0.29) is 22.7 Å². The van der Waals surface area contributed by atoms with E-state index in [1.165, 1.54) is 6.07 Å². The van der Waals surface area contributed by atoms with Crippen molar-refractivity contribution in [3.63, 3.8) is 0 Å². The SMILES string of the molecule is O=[N+]([O-])c1ccccc1C1N=C2C=CC=CN2C1CCl. The summed E-state index contributed by atoms with van der Waals surface area (Å²) in [4.78, 5) is 17.4. The van der Waals surface area contributed by atoms with Crippen molar-refractivity contribution in [2.24, 2.45) is 4.99 Å². The third-order valence-corrected chi connectivity index (χ3v) is 3.79. The van der Waals surface area contributed by atoms with Crippen LogP contribution in [0, 0.1) is 10.1 Å². The standard InChI is InChI=1S/C14H12ClN3O2/c15-9-12-14(16-13-7-3-4-8-17(12)13)10-5-1-2-6-11(10)18(19)20/h1-8,12,14H,9H2. The summed E-state index contributed by atoms with van der Waals surface area (Å²) in [5, 5.41) is 11.2. The highest BCUT2D eigenvalue weighted by molar-refractivity contribution is 6.18. The van der Waals surface area contributed by atoms with Crippen LogP contribution >= 0.6 is 11.6 Å². The van der Waals surface area contributed by atoms with Gasteiger partial charge in [-0.15, -0.1) is 11.6 Å². The highest BCUT2D eigenvalue weighted by Crippen LogP contribution is 2.37. The molecule has 0 radical (unpaired) electrons. The lowest BCUT2D eigenvalue weighted by molar-refractivity contribution is -0.385. The maximum Gasteiger partial charge on any atom is 0.274 e. The average Bonchev–Trinajstić information content (AvgIpc) is 2.85. The smallest absolute Gasteiger partial charge is 0.274 e. The number of halogens is 1. The Labute approximate surface area is 121 Å². The number of alkyl halides is 1. The van der Waals surface area contributed by atoms with Crippen LogP contribution in [0.3, 0.4) is 0 Å². The largest absolute Gasteiger partial charge is 0.327 e. The second-order valence-corrected chi connectivity index (χ2v) is 4.89. The van der Waals surface area contributed by atoms with Gasteiger partial charge in [-0.1, -0.05) is 18.2 Å². The van der Waals surface area contributed by atoms with Crippen LogP contribution < -0.4 is 0 Å². The summed E-state index contributed by atoms with van der Waals surface area (Å²) in [6.07, 6.45) is 7.58. The van der Waals surface area contributed by atoms with Crippen LogP contribution in [-0.4, -0.2) is 27.6 Å². The molecule has 2 heterocycles. The first-order chi connectivity index (χ1) is 9.72. The molecular formula is C14H12ClN3O2. The van der Waals surface area contributed by atoms with E-state index < -0.39 is 0 Å². The molecule has 0 spiro atoms. The molecule has 2 atom stereocenters. The van der Waals surface area contributed by atoms with Crippen LogP contribution in [0.25, 0.3) is 0 Å². The Hall–Kier alpha value is -2.14.